The second kappa shape index (κ2) is 6.03. The number of likely N-dealkylation sites (tertiary alicyclic amines) is 1. The van der Waals surface area contributed by atoms with Crippen LogP contribution in [0.1, 0.15) is 23.8 Å². The fourth-order valence-corrected chi connectivity index (χ4v) is 2.13. The molecular weight excluding hydrogens is 272 g/mol. The Morgan fingerprint density at radius 3 is 2.84 bits per heavy atom. The SMILES string of the molecule is CC1CN(C(=O)c2cc([N+](=O)[O-])c[nH]2)CCC1N.Cl. The fourth-order valence-electron chi connectivity index (χ4n) is 2.13. The van der Waals surface area contributed by atoms with Crippen LogP contribution in [-0.2, 0) is 0 Å². The van der Waals surface area contributed by atoms with Gasteiger partial charge < -0.3 is 15.6 Å². The lowest BCUT2D eigenvalue weighted by Crippen LogP contribution is -2.48. The van der Waals surface area contributed by atoms with E-state index in [0.29, 0.717) is 13.1 Å². The molecule has 2 unspecified atom stereocenters. The number of nitro groups is 1. The summed E-state index contributed by atoms with van der Waals surface area (Å²) in [5, 5.41) is 10.6. The van der Waals surface area contributed by atoms with E-state index in [1.165, 1.54) is 12.3 Å². The molecule has 19 heavy (non-hydrogen) atoms. The molecule has 0 radical (unpaired) electrons. The molecule has 106 valence electrons. The lowest BCUT2D eigenvalue weighted by molar-refractivity contribution is -0.384. The Kier molecular flexibility index (Phi) is 4.90. The third kappa shape index (κ3) is 3.24. The molecule has 0 bridgehead atoms. The summed E-state index contributed by atoms with van der Waals surface area (Å²) in [6.45, 7) is 3.19. The van der Waals surface area contributed by atoms with Gasteiger partial charge in [0.1, 0.15) is 5.69 Å². The highest BCUT2D eigenvalue weighted by atomic mass is 35.5. The first-order valence-corrected chi connectivity index (χ1v) is 5.86. The number of nitrogens with two attached hydrogens (primary N) is 1. The van der Waals surface area contributed by atoms with E-state index in [4.69, 9.17) is 5.73 Å². The molecule has 1 aromatic rings. The van der Waals surface area contributed by atoms with Crippen LogP contribution in [0, 0.1) is 16.0 Å². The van der Waals surface area contributed by atoms with Crippen LogP contribution in [0.3, 0.4) is 0 Å². The van der Waals surface area contributed by atoms with Crippen molar-refractivity contribution < 1.29 is 9.72 Å². The van der Waals surface area contributed by atoms with E-state index in [-0.39, 0.29) is 41.7 Å². The van der Waals surface area contributed by atoms with Gasteiger partial charge in [-0.25, -0.2) is 0 Å². The molecule has 1 aliphatic heterocycles. The van der Waals surface area contributed by atoms with Crippen molar-refractivity contribution >= 4 is 24.0 Å². The Bertz CT molecular complexity index is 476. The lowest BCUT2D eigenvalue weighted by Gasteiger charge is -2.34. The van der Waals surface area contributed by atoms with Crippen molar-refractivity contribution in [2.75, 3.05) is 13.1 Å². The number of rotatable bonds is 2. The van der Waals surface area contributed by atoms with Gasteiger partial charge in [-0.15, -0.1) is 12.4 Å². The molecule has 7 nitrogen and oxygen atoms in total. The van der Waals surface area contributed by atoms with E-state index >= 15 is 0 Å². The number of hydrogen-bond donors (Lipinski definition) is 2. The zero-order valence-electron chi connectivity index (χ0n) is 10.5. The quantitative estimate of drug-likeness (QED) is 0.629. The summed E-state index contributed by atoms with van der Waals surface area (Å²) < 4.78 is 0. The molecule has 1 aliphatic rings. The highest BCUT2D eigenvalue weighted by Crippen LogP contribution is 2.19. The number of carbonyl (C=O) groups is 1. The van der Waals surface area contributed by atoms with Crippen LogP contribution in [0.4, 0.5) is 5.69 Å². The summed E-state index contributed by atoms with van der Waals surface area (Å²) in [6.07, 6.45) is 1.99. The van der Waals surface area contributed by atoms with E-state index in [1.807, 2.05) is 6.92 Å². The molecule has 2 rings (SSSR count). The molecule has 0 aromatic carbocycles. The number of halogens is 1. The monoisotopic (exact) mass is 288 g/mol. The number of carbonyl (C=O) groups excluding carboxylic acids is 1. The maximum atomic E-state index is 12.1. The fraction of sp³-hybridized carbons (Fsp3) is 0.545. The molecule has 3 N–H and O–H groups in total. The number of nitrogens with one attached hydrogen (secondary N) is 1. The van der Waals surface area contributed by atoms with Gasteiger partial charge in [0, 0.05) is 25.2 Å². The van der Waals surface area contributed by atoms with Crippen molar-refractivity contribution in [3.05, 3.63) is 28.1 Å². The largest absolute Gasteiger partial charge is 0.351 e. The Morgan fingerprint density at radius 1 is 1.63 bits per heavy atom. The van der Waals surface area contributed by atoms with E-state index < -0.39 is 4.92 Å². The second-order valence-corrected chi connectivity index (χ2v) is 4.71. The summed E-state index contributed by atoms with van der Waals surface area (Å²) >= 11 is 0. The first-order valence-electron chi connectivity index (χ1n) is 5.86. The lowest BCUT2D eigenvalue weighted by atomic mass is 9.94. The molecule has 0 saturated carbocycles. The van der Waals surface area contributed by atoms with E-state index in [0.717, 1.165) is 6.42 Å². The second-order valence-electron chi connectivity index (χ2n) is 4.71. The third-order valence-corrected chi connectivity index (χ3v) is 3.37. The van der Waals surface area contributed by atoms with Gasteiger partial charge in [0.15, 0.2) is 0 Å². The van der Waals surface area contributed by atoms with Gasteiger partial charge >= 0.3 is 0 Å². The topological polar surface area (TPSA) is 105 Å². The Morgan fingerprint density at radius 2 is 2.32 bits per heavy atom. The van der Waals surface area contributed by atoms with Crippen LogP contribution in [-0.4, -0.2) is 39.8 Å². The predicted molar refractivity (Wildman–Crippen MR) is 72.4 cm³/mol. The van der Waals surface area contributed by atoms with E-state index in [2.05, 4.69) is 4.98 Å². The molecule has 1 aromatic heterocycles. The maximum Gasteiger partial charge on any atom is 0.287 e. The van der Waals surface area contributed by atoms with Gasteiger partial charge in [-0.1, -0.05) is 6.92 Å². The average molecular weight is 289 g/mol. The van der Waals surface area contributed by atoms with Gasteiger partial charge in [-0.3, -0.25) is 14.9 Å². The summed E-state index contributed by atoms with van der Waals surface area (Å²) in [6, 6.07) is 1.38. The van der Waals surface area contributed by atoms with Gasteiger partial charge in [0.25, 0.3) is 11.6 Å². The third-order valence-electron chi connectivity index (χ3n) is 3.37. The average Bonchev–Trinajstić information content (AvgIpc) is 2.81. The van der Waals surface area contributed by atoms with Crippen molar-refractivity contribution in [3.8, 4) is 0 Å². The molecule has 2 heterocycles. The van der Waals surface area contributed by atoms with Gasteiger partial charge in [-0.05, 0) is 12.3 Å². The van der Waals surface area contributed by atoms with Crippen molar-refractivity contribution in [2.45, 2.75) is 19.4 Å². The summed E-state index contributed by atoms with van der Waals surface area (Å²) in [5.41, 5.74) is 6.04. The number of hydrogen-bond acceptors (Lipinski definition) is 4. The van der Waals surface area contributed by atoms with Crippen molar-refractivity contribution in [1.29, 1.82) is 0 Å². The van der Waals surface area contributed by atoms with E-state index in [1.54, 1.807) is 4.90 Å². The van der Waals surface area contributed by atoms with Crippen LogP contribution in [0.15, 0.2) is 12.3 Å². The van der Waals surface area contributed by atoms with Crippen LogP contribution in [0.2, 0.25) is 0 Å². The molecular formula is C11H17ClN4O3. The van der Waals surface area contributed by atoms with Crippen LogP contribution < -0.4 is 5.73 Å². The minimum atomic E-state index is -0.526. The van der Waals surface area contributed by atoms with Crippen molar-refractivity contribution in [3.63, 3.8) is 0 Å². The molecule has 0 aliphatic carbocycles. The summed E-state index contributed by atoms with van der Waals surface area (Å²) in [4.78, 5) is 26.5. The molecule has 8 heteroatoms. The van der Waals surface area contributed by atoms with Gasteiger partial charge in [0.2, 0.25) is 0 Å². The summed E-state index contributed by atoms with van der Waals surface area (Å²) in [5.74, 6) is 0.0366. The van der Waals surface area contributed by atoms with Crippen LogP contribution >= 0.6 is 12.4 Å². The number of nitrogens with zero attached hydrogens (tertiary/aromatic N) is 2. The number of aromatic nitrogens is 1. The smallest absolute Gasteiger partial charge is 0.287 e. The van der Waals surface area contributed by atoms with Gasteiger partial charge in [-0.2, -0.15) is 0 Å². The van der Waals surface area contributed by atoms with Crippen molar-refractivity contribution in [1.82, 2.24) is 9.88 Å². The van der Waals surface area contributed by atoms with Gasteiger partial charge in [0.05, 0.1) is 11.1 Å². The zero-order chi connectivity index (χ0) is 13.3. The normalized spacial score (nSPS) is 22.7. The van der Waals surface area contributed by atoms with Crippen molar-refractivity contribution in [2.24, 2.45) is 11.7 Å². The molecule has 2 atom stereocenters. The minimum Gasteiger partial charge on any atom is -0.351 e. The predicted octanol–water partition coefficient (Wildman–Crippen LogP) is 1.15. The number of piperidine rings is 1. The standard InChI is InChI=1S/C11H16N4O3.ClH/c1-7-6-14(3-2-9(7)12)11(16)10-4-8(5-13-10)15(17)18;/h4-5,7,9,13H,2-3,6,12H2,1H3;1H. The Labute approximate surface area is 116 Å². The highest BCUT2D eigenvalue weighted by molar-refractivity contribution is 5.93. The zero-order valence-corrected chi connectivity index (χ0v) is 11.4. The molecule has 1 saturated heterocycles. The number of amides is 1. The maximum absolute atomic E-state index is 12.1. The summed E-state index contributed by atoms with van der Waals surface area (Å²) in [7, 11) is 0. The first kappa shape index (κ1) is 15.5. The minimum absolute atomic E-state index is 0. The molecule has 0 spiro atoms. The van der Waals surface area contributed by atoms with Crippen LogP contribution in [0.5, 0.6) is 0 Å². The Balaban J connectivity index is 0.00000180. The number of H-pyrrole nitrogens is 1. The Hall–Kier alpha value is -1.60. The number of aromatic amines is 1. The molecule has 1 amide bonds. The van der Waals surface area contributed by atoms with E-state index in [9.17, 15) is 14.9 Å². The molecule has 1 fully saturated rings. The highest BCUT2D eigenvalue weighted by Gasteiger charge is 2.28. The first-order chi connectivity index (χ1) is 8.49. The van der Waals surface area contributed by atoms with Crippen LogP contribution in [0.25, 0.3) is 0 Å².